The highest BCUT2D eigenvalue weighted by molar-refractivity contribution is 5.91. The number of aryl methyl sites for hydroxylation is 2. The van der Waals surface area contributed by atoms with Gasteiger partial charge in [0.05, 0.1) is 43.6 Å². The molecule has 0 radical (unpaired) electrons. The van der Waals surface area contributed by atoms with Gasteiger partial charge in [-0.3, -0.25) is 9.88 Å². The second kappa shape index (κ2) is 13.1. The number of benzene rings is 3. The average molecular weight is 647 g/mol. The lowest BCUT2D eigenvalue weighted by Crippen LogP contribution is -2.32. The smallest absolute Gasteiger partial charge is 0.416 e. The van der Waals surface area contributed by atoms with Crippen molar-refractivity contribution in [2.45, 2.75) is 65.4 Å². The first-order valence-corrected chi connectivity index (χ1v) is 15.3. The molecule has 4 aromatic rings. The Bertz CT molecular complexity index is 1840. The lowest BCUT2D eigenvalue weighted by molar-refractivity contribution is -0.137. The van der Waals surface area contributed by atoms with Gasteiger partial charge in [-0.1, -0.05) is 43.7 Å². The number of halogens is 3. The first-order valence-electron chi connectivity index (χ1n) is 15.3. The predicted molar refractivity (Wildman–Crippen MR) is 172 cm³/mol. The zero-order valence-electron chi connectivity index (χ0n) is 27.4. The van der Waals surface area contributed by atoms with Crippen molar-refractivity contribution in [3.8, 4) is 28.0 Å². The fourth-order valence-corrected chi connectivity index (χ4v) is 5.99. The van der Waals surface area contributed by atoms with Gasteiger partial charge < -0.3 is 14.2 Å². The Morgan fingerprint density at radius 2 is 1.68 bits per heavy atom. The maximum Gasteiger partial charge on any atom is 0.416 e. The molecule has 2 atom stereocenters. The molecule has 0 bridgehead atoms. The summed E-state index contributed by atoms with van der Waals surface area (Å²) in [5, 5.41) is 0. The third-order valence-corrected chi connectivity index (χ3v) is 8.50. The summed E-state index contributed by atoms with van der Waals surface area (Å²) in [6.07, 6.45) is -6.06. The van der Waals surface area contributed by atoms with Crippen molar-refractivity contribution in [1.82, 2.24) is 9.88 Å². The molecule has 1 fully saturated rings. The molecular formula is C37H37F3N2O5. The van der Waals surface area contributed by atoms with Gasteiger partial charge in [-0.15, -0.1) is 0 Å². The van der Waals surface area contributed by atoms with Crippen molar-refractivity contribution >= 4 is 12.1 Å². The second-order valence-electron chi connectivity index (χ2n) is 12.1. The van der Waals surface area contributed by atoms with Gasteiger partial charge in [0.2, 0.25) is 0 Å². The molecule has 1 aromatic heterocycles. The van der Waals surface area contributed by atoms with Crippen molar-refractivity contribution in [2.75, 3.05) is 14.2 Å². The van der Waals surface area contributed by atoms with Crippen molar-refractivity contribution < 1.29 is 37.0 Å². The molecule has 7 nitrogen and oxygen atoms in total. The number of esters is 1. The van der Waals surface area contributed by atoms with E-state index >= 15 is 0 Å². The molecule has 1 saturated heterocycles. The minimum Gasteiger partial charge on any atom is -0.496 e. The summed E-state index contributed by atoms with van der Waals surface area (Å²) in [7, 11) is 2.92. The molecule has 0 spiro atoms. The first kappa shape index (κ1) is 33.5. The second-order valence-corrected chi connectivity index (χ2v) is 12.1. The maximum atomic E-state index is 13.6. The van der Waals surface area contributed by atoms with Crippen LogP contribution in [0.15, 0.2) is 66.7 Å². The minimum atomic E-state index is -4.53. The van der Waals surface area contributed by atoms with Crippen molar-refractivity contribution in [3.05, 3.63) is 106 Å². The summed E-state index contributed by atoms with van der Waals surface area (Å²) in [6.45, 7) is 9.36. The molecular weight excluding hydrogens is 609 g/mol. The number of nitrogens with zero attached hydrogens (tertiary/aromatic N) is 2. The molecule has 0 N–H and O–H groups in total. The van der Waals surface area contributed by atoms with Crippen LogP contribution in [0.1, 0.15) is 76.8 Å². The molecule has 5 rings (SSSR count). The van der Waals surface area contributed by atoms with E-state index in [0.717, 1.165) is 45.6 Å². The van der Waals surface area contributed by atoms with E-state index in [1.165, 1.54) is 12.0 Å². The van der Waals surface area contributed by atoms with E-state index < -0.39 is 35.9 Å². The molecule has 1 aliphatic heterocycles. The van der Waals surface area contributed by atoms with E-state index in [9.17, 15) is 22.8 Å². The summed E-state index contributed by atoms with van der Waals surface area (Å²) in [6, 6.07) is 18.2. The van der Waals surface area contributed by atoms with Crippen molar-refractivity contribution in [1.29, 1.82) is 0 Å². The number of pyridine rings is 1. The molecule has 1 amide bonds. The zero-order chi connectivity index (χ0) is 34.2. The Hall–Kier alpha value is -4.86. The molecule has 3 aromatic carbocycles. The largest absolute Gasteiger partial charge is 0.496 e. The topological polar surface area (TPSA) is 78.0 Å². The molecule has 0 saturated carbocycles. The minimum absolute atomic E-state index is 0.0601. The Labute approximate surface area is 272 Å². The van der Waals surface area contributed by atoms with E-state index in [1.54, 1.807) is 39.2 Å². The van der Waals surface area contributed by atoms with Crippen LogP contribution < -0.4 is 4.74 Å². The summed E-state index contributed by atoms with van der Waals surface area (Å²) in [4.78, 5) is 31.9. The van der Waals surface area contributed by atoms with Crippen molar-refractivity contribution in [2.24, 2.45) is 0 Å². The molecule has 2 heterocycles. The normalized spacial score (nSPS) is 16.4. The maximum absolute atomic E-state index is 13.6. The number of ether oxygens (including phenoxy) is 3. The summed E-state index contributed by atoms with van der Waals surface area (Å²) >= 11 is 0. The summed E-state index contributed by atoms with van der Waals surface area (Å²) in [5.74, 6) is 0.263. The molecule has 246 valence electrons. The molecule has 0 unspecified atom stereocenters. The number of hydrogen-bond acceptors (Lipinski definition) is 6. The van der Waals surface area contributed by atoms with Crippen LogP contribution in [-0.2, 0) is 22.2 Å². The lowest BCUT2D eigenvalue weighted by Gasteiger charge is -2.23. The van der Waals surface area contributed by atoms with Crippen LogP contribution >= 0.6 is 0 Å². The zero-order valence-corrected chi connectivity index (χ0v) is 27.4. The van der Waals surface area contributed by atoms with Gasteiger partial charge >= 0.3 is 18.2 Å². The third-order valence-electron chi connectivity index (χ3n) is 8.50. The number of hydrogen-bond donors (Lipinski definition) is 0. The number of aromatic nitrogens is 1. The molecule has 1 aliphatic rings. The number of rotatable bonds is 8. The highest BCUT2D eigenvalue weighted by atomic mass is 19.4. The Morgan fingerprint density at radius 1 is 0.957 bits per heavy atom. The monoisotopic (exact) mass is 646 g/mol. The highest BCUT2D eigenvalue weighted by Crippen LogP contribution is 2.41. The van der Waals surface area contributed by atoms with Gasteiger partial charge in [-0.05, 0) is 91.4 Å². The molecule has 10 heteroatoms. The van der Waals surface area contributed by atoms with Crippen LogP contribution in [0.2, 0.25) is 0 Å². The van der Waals surface area contributed by atoms with Crippen LogP contribution in [-0.4, -0.2) is 42.2 Å². The predicted octanol–water partition coefficient (Wildman–Crippen LogP) is 9.05. The van der Waals surface area contributed by atoms with Gasteiger partial charge in [0, 0.05) is 16.8 Å². The van der Waals surface area contributed by atoms with Gasteiger partial charge in [-0.2, -0.15) is 13.2 Å². The average Bonchev–Trinajstić information content (AvgIpc) is 3.31. The van der Waals surface area contributed by atoms with E-state index in [4.69, 9.17) is 19.2 Å². The Morgan fingerprint density at radius 3 is 2.32 bits per heavy atom. The van der Waals surface area contributed by atoms with Gasteiger partial charge in [0.1, 0.15) is 11.9 Å². The van der Waals surface area contributed by atoms with E-state index in [-0.39, 0.29) is 18.0 Å². The number of cyclic esters (lactones) is 1. The molecule has 0 aliphatic carbocycles. The quantitative estimate of drug-likeness (QED) is 0.178. The molecule has 47 heavy (non-hydrogen) atoms. The Balaban J connectivity index is 1.55. The summed E-state index contributed by atoms with van der Waals surface area (Å²) < 4.78 is 57.2. The number of methoxy groups -OCH3 is 2. The standard InChI is InChI=1S/C37H37F3N2O5/c1-20(2)31-12-11-29(30-18-24(9-13-33(30)45-6)28-10-8-25(16-22(28)4)35(43)46-7)32(41-31)19-42-23(5)34(47-36(42)44)26-14-21(3)15-27(17-26)37(38,39)40/h8-18,20,23,34H,19H2,1-7H3/t23-,34-/m0/s1. The number of carbonyl (C=O) groups excluding carboxylic acids is 2. The van der Waals surface area contributed by atoms with Crippen LogP contribution in [0, 0.1) is 13.8 Å². The van der Waals surface area contributed by atoms with Crippen LogP contribution in [0.4, 0.5) is 18.0 Å². The van der Waals surface area contributed by atoms with Gasteiger partial charge in [0.15, 0.2) is 0 Å². The van der Waals surface area contributed by atoms with Gasteiger partial charge in [-0.25, -0.2) is 9.59 Å². The first-order chi connectivity index (χ1) is 22.2. The van der Waals surface area contributed by atoms with E-state index in [2.05, 4.69) is 0 Å². The van der Waals surface area contributed by atoms with Gasteiger partial charge in [0.25, 0.3) is 0 Å². The number of carbonyl (C=O) groups is 2. The van der Waals surface area contributed by atoms with E-state index in [0.29, 0.717) is 22.6 Å². The van der Waals surface area contributed by atoms with Crippen molar-refractivity contribution in [3.63, 3.8) is 0 Å². The fourth-order valence-electron chi connectivity index (χ4n) is 5.99. The van der Waals surface area contributed by atoms with Crippen LogP contribution in [0.3, 0.4) is 0 Å². The SMILES string of the molecule is COC(=O)c1ccc(-c2ccc(OC)c(-c3ccc(C(C)C)nc3CN3C(=O)O[C@H](c4cc(C)cc(C(F)(F)F)c4)[C@@H]3C)c2)c(C)c1. The van der Waals surface area contributed by atoms with E-state index in [1.807, 2.05) is 57.2 Å². The fraction of sp³-hybridized carbons (Fsp3) is 0.324. The third kappa shape index (κ3) is 6.82. The Kier molecular flexibility index (Phi) is 9.34. The summed E-state index contributed by atoms with van der Waals surface area (Å²) in [5.41, 5.74) is 5.91. The van der Waals surface area contributed by atoms with Crippen LogP contribution in [0.25, 0.3) is 22.3 Å². The number of amides is 1. The number of alkyl halides is 3. The lowest BCUT2D eigenvalue weighted by atomic mass is 9.93. The highest BCUT2D eigenvalue weighted by Gasteiger charge is 2.41. The van der Waals surface area contributed by atoms with Crippen LogP contribution in [0.5, 0.6) is 5.75 Å².